The Morgan fingerprint density at radius 3 is 2.19 bits per heavy atom. The molecule has 2 rings (SSSR count). The van der Waals surface area contributed by atoms with E-state index in [0.717, 1.165) is 17.1 Å². The van der Waals surface area contributed by atoms with Crippen molar-refractivity contribution in [3.63, 3.8) is 0 Å². The van der Waals surface area contributed by atoms with Crippen LogP contribution in [0.1, 0.15) is 70.6 Å². The summed E-state index contributed by atoms with van der Waals surface area (Å²) in [6.07, 6.45) is 16.7. The second-order valence-electron chi connectivity index (χ2n) is 5.83. The summed E-state index contributed by atoms with van der Waals surface area (Å²) in [4.78, 5) is 0. The minimum absolute atomic E-state index is 0.987. The highest BCUT2D eigenvalue weighted by Crippen LogP contribution is 2.39. The topological polar surface area (TPSA) is 0 Å². The van der Waals surface area contributed by atoms with E-state index in [1.54, 1.807) is 0 Å². The molecule has 0 bridgehead atoms. The van der Waals surface area contributed by atoms with Crippen molar-refractivity contribution >= 4 is 30.1 Å². The van der Waals surface area contributed by atoms with Crippen molar-refractivity contribution in [3.05, 3.63) is 0 Å². The minimum atomic E-state index is 0.987. The Labute approximate surface area is 117 Å². The number of hydrogen-bond donors (Lipinski definition) is 0. The molecule has 0 aromatic heterocycles. The molecule has 2 aliphatic rings. The first-order valence-corrected chi connectivity index (χ1v) is 10.6. The molecule has 0 saturated heterocycles. The molecular formula is C14H25IS. The van der Waals surface area contributed by atoms with Crippen molar-refractivity contribution in [2.75, 3.05) is 0 Å². The summed E-state index contributed by atoms with van der Waals surface area (Å²) in [6.45, 7) is 0. The van der Waals surface area contributed by atoms with Gasteiger partial charge in [-0.1, -0.05) is 60.3 Å². The molecule has 0 heterocycles. The fraction of sp³-hybridized carbons (Fsp3) is 1.00. The molecule has 94 valence electrons. The molecule has 0 aromatic carbocycles. The number of hydrogen-bond acceptors (Lipinski definition) is 1. The molecule has 2 aliphatic carbocycles. The van der Waals surface area contributed by atoms with Gasteiger partial charge in [-0.3, -0.25) is 0 Å². The van der Waals surface area contributed by atoms with Crippen LogP contribution in [-0.4, -0.2) is 5.25 Å². The zero-order chi connectivity index (χ0) is 11.2. The van der Waals surface area contributed by atoms with Crippen LogP contribution in [0.5, 0.6) is 0 Å². The smallest absolute Gasteiger partial charge is 0.0150 e. The van der Waals surface area contributed by atoms with Crippen LogP contribution in [0, 0.1) is 11.8 Å². The van der Waals surface area contributed by atoms with Gasteiger partial charge in [0.25, 0.3) is 0 Å². The van der Waals surface area contributed by atoms with Gasteiger partial charge in [-0.15, -0.1) is 0 Å². The van der Waals surface area contributed by atoms with Crippen LogP contribution in [-0.2, 0) is 0 Å². The third-order valence-corrected chi connectivity index (χ3v) is 7.41. The fourth-order valence-electron chi connectivity index (χ4n) is 3.20. The molecular weight excluding hydrogens is 327 g/mol. The van der Waals surface area contributed by atoms with Crippen LogP contribution in [0.15, 0.2) is 0 Å². The van der Waals surface area contributed by atoms with E-state index in [9.17, 15) is 0 Å². The Kier molecular flexibility index (Phi) is 6.33. The maximum atomic E-state index is 2.49. The summed E-state index contributed by atoms with van der Waals surface area (Å²) in [5, 5.41) is 0.987. The Bertz CT molecular complexity index is 191. The Morgan fingerprint density at radius 2 is 1.62 bits per heavy atom. The summed E-state index contributed by atoms with van der Waals surface area (Å²) in [5.74, 6) is 2.21. The van der Waals surface area contributed by atoms with Crippen LogP contribution in [0.25, 0.3) is 0 Å². The van der Waals surface area contributed by atoms with Crippen molar-refractivity contribution in [3.8, 4) is 0 Å². The predicted molar refractivity (Wildman–Crippen MR) is 83.2 cm³/mol. The zero-order valence-electron chi connectivity index (χ0n) is 10.3. The van der Waals surface area contributed by atoms with E-state index in [-0.39, 0.29) is 0 Å². The normalized spacial score (nSPS) is 30.6. The van der Waals surface area contributed by atoms with Crippen LogP contribution < -0.4 is 0 Å². The summed E-state index contributed by atoms with van der Waals surface area (Å²) in [6, 6.07) is 0. The van der Waals surface area contributed by atoms with Gasteiger partial charge in [0.15, 0.2) is 0 Å². The van der Waals surface area contributed by atoms with E-state index in [1.165, 1.54) is 70.6 Å². The van der Waals surface area contributed by atoms with Crippen molar-refractivity contribution in [2.45, 2.75) is 75.9 Å². The van der Waals surface area contributed by atoms with Crippen LogP contribution >= 0.6 is 30.1 Å². The van der Waals surface area contributed by atoms with Gasteiger partial charge in [0.2, 0.25) is 0 Å². The van der Waals surface area contributed by atoms with Gasteiger partial charge >= 0.3 is 0 Å². The van der Waals surface area contributed by atoms with Gasteiger partial charge in [0, 0.05) is 5.25 Å². The Hall–Kier alpha value is 1.08. The SMILES string of the molecule is IS[C@H]1CCC(CCCCCC2CCC2)C1. The number of halogens is 1. The fourth-order valence-corrected chi connectivity index (χ4v) is 5.15. The molecule has 0 aromatic rings. The molecule has 2 saturated carbocycles. The molecule has 16 heavy (non-hydrogen) atoms. The molecule has 2 atom stereocenters. The molecule has 2 fully saturated rings. The van der Waals surface area contributed by atoms with Crippen LogP contribution in [0.3, 0.4) is 0 Å². The van der Waals surface area contributed by atoms with Gasteiger partial charge in [-0.2, -0.15) is 0 Å². The average molecular weight is 352 g/mol. The van der Waals surface area contributed by atoms with Gasteiger partial charge in [-0.25, -0.2) is 0 Å². The van der Waals surface area contributed by atoms with Gasteiger partial charge in [0.1, 0.15) is 0 Å². The second-order valence-corrected chi connectivity index (χ2v) is 8.20. The number of unbranched alkanes of at least 4 members (excludes halogenated alkanes) is 2. The first kappa shape index (κ1) is 13.5. The summed E-state index contributed by atoms with van der Waals surface area (Å²) in [5.41, 5.74) is 0. The summed E-state index contributed by atoms with van der Waals surface area (Å²) in [7, 11) is 2.06. The third-order valence-electron chi connectivity index (χ3n) is 4.57. The highest BCUT2D eigenvalue weighted by Gasteiger charge is 2.23. The molecule has 0 nitrogen and oxygen atoms in total. The Balaban J connectivity index is 1.42. The van der Waals surface area contributed by atoms with E-state index in [1.807, 2.05) is 0 Å². The molecule has 0 N–H and O–H groups in total. The van der Waals surface area contributed by atoms with Crippen LogP contribution in [0.4, 0.5) is 0 Å². The zero-order valence-corrected chi connectivity index (χ0v) is 13.3. The molecule has 0 aliphatic heterocycles. The first-order valence-electron chi connectivity index (χ1n) is 7.16. The van der Waals surface area contributed by atoms with Crippen molar-refractivity contribution in [1.29, 1.82) is 0 Å². The molecule has 1 unspecified atom stereocenters. The third kappa shape index (κ3) is 4.40. The predicted octanol–water partition coefficient (Wildman–Crippen LogP) is 5.99. The van der Waals surface area contributed by atoms with E-state index in [4.69, 9.17) is 0 Å². The van der Waals surface area contributed by atoms with E-state index in [0.29, 0.717) is 0 Å². The van der Waals surface area contributed by atoms with Crippen LogP contribution in [0.2, 0.25) is 0 Å². The second kappa shape index (κ2) is 7.50. The largest absolute Gasteiger partial charge is 0.0859 e. The minimum Gasteiger partial charge on any atom is -0.0859 e. The number of rotatable bonds is 7. The van der Waals surface area contributed by atoms with Crippen molar-refractivity contribution in [2.24, 2.45) is 11.8 Å². The quantitative estimate of drug-likeness (QED) is 0.401. The summed E-state index contributed by atoms with van der Waals surface area (Å²) >= 11 is 2.49. The molecule has 0 radical (unpaired) electrons. The lowest BCUT2D eigenvalue weighted by molar-refractivity contribution is 0.285. The standard InChI is InChI=1S/C14H25IS/c15-16-14-10-9-13(11-14)6-3-1-2-5-12-7-4-8-12/h12-14H,1-11H2/t13?,14-/m0/s1. The highest BCUT2D eigenvalue weighted by molar-refractivity contribution is 14.2. The monoisotopic (exact) mass is 352 g/mol. The summed E-state index contributed by atoms with van der Waals surface area (Å²) < 4.78 is 0. The lowest BCUT2D eigenvalue weighted by Crippen LogP contribution is -2.10. The lowest BCUT2D eigenvalue weighted by atomic mass is 9.81. The molecule has 0 spiro atoms. The van der Waals surface area contributed by atoms with Crippen molar-refractivity contribution < 1.29 is 0 Å². The maximum Gasteiger partial charge on any atom is 0.0150 e. The average Bonchev–Trinajstić information content (AvgIpc) is 2.68. The molecule has 0 amide bonds. The first-order chi connectivity index (χ1) is 7.88. The van der Waals surface area contributed by atoms with E-state index < -0.39 is 0 Å². The van der Waals surface area contributed by atoms with E-state index in [2.05, 4.69) is 30.1 Å². The van der Waals surface area contributed by atoms with Gasteiger partial charge in [-0.05, 0) is 52.3 Å². The van der Waals surface area contributed by atoms with E-state index >= 15 is 0 Å². The van der Waals surface area contributed by atoms with Gasteiger partial charge in [0.05, 0.1) is 0 Å². The maximum absolute atomic E-state index is 2.49. The highest BCUT2D eigenvalue weighted by atomic mass is 127. The Morgan fingerprint density at radius 1 is 0.875 bits per heavy atom. The lowest BCUT2D eigenvalue weighted by Gasteiger charge is -2.25. The molecule has 2 heteroatoms. The van der Waals surface area contributed by atoms with Gasteiger partial charge < -0.3 is 0 Å². The van der Waals surface area contributed by atoms with Crippen molar-refractivity contribution in [1.82, 2.24) is 0 Å².